The molecule has 0 spiro atoms. The number of nitrogens with one attached hydrogen (secondary N) is 1. The monoisotopic (exact) mass is 577 g/mol. The van der Waals surface area contributed by atoms with Gasteiger partial charge in [0.05, 0.1) is 17.9 Å². The summed E-state index contributed by atoms with van der Waals surface area (Å²) in [6.07, 6.45) is 6.78. The van der Waals surface area contributed by atoms with E-state index in [1.165, 1.54) is 12.8 Å². The quantitative estimate of drug-likeness (QED) is 0.163. The molecule has 6 nitrogen and oxygen atoms in total. The fraction of sp³-hybridized carbons (Fsp3) is 0.412. The summed E-state index contributed by atoms with van der Waals surface area (Å²) in [5, 5.41) is 1.78. The van der Waals surface area contributed by atoms with Crippen molar-refractivity contribution < 1.29 is 14.3 Å². The smallest absolute Gasteiger partial charge is 0.273 e. The molecule has 1 heterocycles. The lowest BCUT2D eigenvalue weighted by molar-refractivity contribution is 0.0909. The third kappa shape index (κ3) is 8.82. The van der Waals surface area contributed by atoms with Crippen molar-refractivity contribution in [3.05, 3.63) is 95.6 Å². The molecule has 0 bridgehead atoms. The lowest BCUT2D eigenvalue weighted by atomic mass is 9.99. The molecule has 41 heavy (non-hydrogen) atoms. The maximum Gasteiger partial charge on any atom is 0.273 e. The first-order valence-corrected chi connectivity index (χ1v) is 14.8. The molecule has 1 atom stereocenters. The van der Waals surface area contributed by atoms with Crippen molar-refractivity contribution in [1.29, 1.82) is 0 Å². The summed E-state index contributed by atoms with van der Waals surface area (Å²) in [6, 6.07) is 24.2. The number of carbonyl (C=O) groups excluding carboxylic acids is 2. The molecule has 0 saturated carbocycles. The number of hydrogen-bond acceptors (Lipinski definition) is 5. The van der Waals surface area contributed by atoms with Crippen molar-refractivity contribution >= 4 is 29.8 Å². The Morgan fingerprint density at radius 2 is 1.56 bits per heavy atom. The van der Waals surface area contributed by atoms with Crippen LogP contribution in [0, 0.1) is 0 Å². The van der Waals surface area contributed by atoms with Crippen LogP contribution in [-0.2, 0) is 6.42 Å². The highest BCUT2D eigenvalue weighted by molar-refractivity contribution is 6.04. The van der Waals surface area contributed by atoms with Crippen LogP contribution in [0.2, 0.25) is 0 Å². The van der Waals surface area contributed by atoms with Crippen LogP contribution in [0.15, 0.2) is 78.9 Å². The van der Waals surface area contributed by atoms with Crippen LogP contribution in [0.3, 0.4) is 0 Å². The van der Waals surface area contributed by atoms with E-state index in [4.69, 9.17) is 4.74 Å². The second-order valence-corrected chi connectivity index (χ2v) is 10.4. The van der Waals surface area contributed by atoms with Crippen LogP contribution in [0.5, 0.6) is 5.75 Å². The summed E-state index contributed by atoms with van der Waals surface area (Å²) in [4.78, 5) is 29.8. The van der Waals surface area contributed by atoms with E-state index in [2.05, 4.69) is 30.2 Å². The number of ether oxygens (including phenoxy) is 1. The molecular weight excluding hydrogens is 534 g/mol. The average molecular weight is 578 g/mol. The molecule has 0 fully saturated rings. The number of para-hydroxylation sites is 2. The zero-order valence-electron chi connectivity index (χ0n) is 24.4. The largest absolute Gasteiger partial charge is 0.493 e. The topological polar surface area (TPSA) is 61.9 Å². The van der Waals surface area contributed by atoms with Gasteiger partial charge in [-0.3, -0.25) is 20.0 Å². The Labute approximate surface area is 251 Å². The highest BCUT2D eigenvalue weighted by atomic mass is 35.5. The zero-order valence-corrected chi connectivity index (χ0v) is 25.2. The van der Waals surface area contributed by atoms with Crippen molar-refractivity contribution in [2.24, 2.45) is 0 Å². The maximum absolute atomic E-state index is 13.7. The van der Waals surface area contributed by atoms with Gasteiger partial charge >= 0.3 is 0 Å². The molecule has 1 amide bonds. The summed E-state index contributed by atoms with van der Waals surface area (Å²) in [7, 11) is 0. The van der Waals surface area contributed by atoms with Crippen LogP contribution in [0.4, 0.5) is 5.69 Å². The van der Waals surface area contributed by atoms with Gasteiger partial charge in [0.2, 0.25) is 0 Å². The second-order valence-electron chi connectivity index (χ2n) is 10.4. The minimum absolute atomic E-state index is 0. The maximum atomic E-state index is 13.7. The molecule has 0 aromatic heterocycles. The predicted molar refractivity (Wildman–Crippen MR) is 169 cm³/mol. The summed E-state index contributed by atoms with van der Waals surface area (Å²) >= 11 is 0. The number of rotatable bonds is 14. The Morgan fingerprint density at radius 1 is 0.878 bits per heavy atom. The van der Waals surface area contributed by atoms with E-state index in [1.54, 1.807) is 11.1 Å². The number of hydrazine groups is 1. The van der Waals surface area contributed by atoms with Crippen molar-refractivity contribution in [2.75, 3.05) is 31.3 Å². The number of fused-ring (bicyclic) bond motifs is 1. The van der Waals surface area contributed by atoms with Crippen LogP contribution < -0.4 is 15.2 Å². The number of hydrogen-bond donors (Lipinski definition) is 1. The number of Topliss-reactive ketones (excluding diaryl/α,β-unsaturated/α-hetero) is 1. The number of unbranched alkanes of at least 4 members (excludes halogenated alkanes) is 3. The Hall–Kier alpha value is -3.35. The van der Waals surface area contributed by atoms with Crippen LogP contribution in [-0.4, -0.2) is 48.9 Å². The highest BCUT2D eigenvalue weighted by Crippen LogP contribution is 2.30. The van der Waals surface area contributed by atoms with Gasteiger partial charge in [0, 0.05) is 5.56 Å². The molecule has 1 N–H and O–H groups in total. The Morgan fingerprint density at radius 3 is 2.34 bits per heavy atom. The van der Waals surface area contributed by atoms with Gasteiger partial charge in [-0.25, -0.2) is 0 Å². The minimum Gasteiger partial charge on any atom is -0.493 e. The number of benzene rings is 3. The van der Waals surface area contributed by atoms with Crippen molar-refractivity contribution in [3.8, 4) is 5.75 Å². The van der Waals surface area contributed by atoms with E-state index < -0.39 is 6.04 Å². The van der Waals surface area contributed by atoms with Gasteiger partial charge in [0.25, 0.3) is 5.91 Å². The fourth-order valence-electron chi connectivity index (χ4n) is 5.38. The number of anilines is 1. The number of carbonyl (C=O) groups is 2. The number of halogens is 1. The first-order chi connectivity index (χ1) is 19.6. The molecule has 4 rings (SSSR count). The van der Waals surface area contributed by atoms with Gasteiger partial charge in [-0.15, -0.1) is 12.4 Å². The number of amides is 1. The summed E-state index contributed by atoms with van der Waals surface area (Å²) < 4.78 is 6.10. The van der Waals surface area contributed by atoms with Gasteiger partial charge in [-0.2, -0.15) is 0 Å². The van der Waals surface area contributed by atoms with Crippen LogP contribution in [0.25, 0.3) is 0 Å². The van der Waals surface area contributed by atoms with Crippen LogP contribution >= 0.6 is 12.4 Å². The Kier molecular flexibility index (Phi) is 13.2. The first kappa shape index (κ1) is 32.2. The minimum atomic E-state index is -0.501. The van der Waals surface area contributed by atoms with E-state index in [0.717, 1.165) is 56.6 Å². The van der Waals surface area contributed by atoms with Gasteiger partial charge in [0.15, 0.2) is 5.78 Å². The fourth-order valence-corrected chi connectivity index (χ4v) is 5.38. The van der Waals surface area contributed by atoms with E-state index in [0.29, 0.717) is 29.9 Å². The van der Waals surface area contributed by atoms with E-state index in [1.807, 2.05) is 66.7 Å². The summed E-state index contributed by atoms with van der Waals surface area (Å²) in [6.45, 7) is 8.32. The molecule has 1 aliphatic rings. The second kappa shape index (κ2) is 16.8. The van der Waals surface area contributed by atoms with E-state index >= 15 is 0 Å². The summed E-state index contributed by atoms with van der Waals surface area (Å²) in [5.41, 5.74) is 6.20. The molecule has 0 saturated heterocycles. The van der Waals surface area contributed by atoms with Gasteiger partial charge in [-0.05, 0) is 75.5 Å². The SMILES string of the molecule is CCN(CC)CCCCCCOc1ccccc1C(=O)NN1c2ccccc2CCCC1C(=O)c1ccccc1.Cl. The number of ketones is 1. The molecule has 0 radical (unpaired) electrons. The lowest BCUT2D eigenvalue weighted by Crippen LogP contribution is -2.52. The van der Waals surface area contributed by atoms with Crippen molar-refractivity contribution in [1.82, 2.24) is 10.3 Å². The van der Waals surface area contributed by atoms with Gasteiger partial charge in [0.1, 0.15) is 11.8 Å². The van der Waals surface area contributed by atoms with Crippen molar-refractivity contribution in [3.63, 3.8) is 0 Å². The van der Waals surface area contributed by atoms with E-state index in [9.17, 15) is 9.59 Å². The third-order valence-electron chi connectivity index (χ3n) is 7.72. The normalized spacial score (nSPS) is 14.5. The molecule has 3 aromatic rings. The molecule has 1 aliphatic heterocycles. The molecule has 1 unspecified atom stereocenters. The highest BCUT2D eigenvalue weighted by Gasteiger charge is 2.32. The van der Waals surface area contributed by atoms with Crippen LogP contribution in [0.1, 0.15) is 78.7 Å². The third-order valence-corrected chi connectivity index (χ3v) is 7.72. The Bertz CT molecular complexity index is 1230. The number of nitrogens with zero attached hydrogens (tertiary/aromatic N) is 2. The Balaban J connectivity index is 0.00000462. The average Bonchev–Trinajstić information content (AvgIpc) is 3.18. The molecule has 220 valence electrons. The predicted octanol–water partition coefficient (Wildman–Crippen LogP) is 7.13. The molecule has 0 aliphatic carbocycles. The molecular formula is C34H44ClN3O3. The standard InChI is InChI=1S/C34H43N3O3.ClH/c1-3-36(4-2)25-14-5-6-15-26-40-32-24-13-11-21-29(32)34(39)35-37-30-22-12-10-17-27(30)20-16-23-31(37)33(38)28-18-8-7-9-19-28;/h7-13,17-19,21-22,24,31H,3-6,14-16,20,23,25-26H2,1-2H3,(H,35,39);1H. The molecule has 7 heteroatoms. The van der Waals surface area contributed by atoms with Crippen molar-refractivity contribution in [2.45, 2.75) is 64.8 Å². The lowest BCUT2D eigenvalue weighted by Gasteiger charge is -2.32. The van der Waals surface area contributed by atoms with E-state index in [-0.39, 0.29) is 24.1 Å². The van der Waals surface area contributed by atoms with Gasteiger partial charge < -0.3 is 9.64 Å². The van der Waals surface area contributed by atoms with Gasteiger partial charge in [-0.1, -0.05) is 87.4 Å². The first-order valence-electron chi connectivity index (χ1n) is 14.8. The molecule has 3 aromatic carbocycles. The number of aryl methyl sites for hydroxylation is 1. The zero-order chi connectivity index (χ0) is 28.2. The summed E-state index contributed by atoms with van der Waals surface area (Å²) in [5.74, 6) is 0.290.